The van der Waals surface area contributed by atoms with Gasteiger partial charge in [0.15, 0.2) is 0 Å². The average Bonchev–Trinajstić information content (AvgIpc) is 1.87. The molecule has 0 aromatic heterocycles. The van der Waals surface area contributed by atoms with Crippen LogP contribution in [0, 0.1) is 0 Å². The van der Waals surface area contributed by atoms with Gasteiger partial charge in [0.2, 0.25) is 0 Å². The molecule has 0 heterocycles. The monoisotopic (exact) mass is 166 g/mol. The van der Waals surface area contributed by atoms with Gasteiger partial charge in [0.05, 0.1) is 7.11 Å². The lowest BCUT2D eigenvalue weighted by atomic mass is 10.4. The summed E-state index contributed by atoms with van der Waals surface area (Å²) in [6.07, 6.45) is 0.0764. The summed E-state index contributed by atoms with van der Waals surface area (Å²) in [4.78, 5) is 14.0. The number of hydrogen-bond acceptors (Lipinski definition) is 3. The normalized spacial score (nSPS) is 10.0. The SMILES string of the molecule is CN=C(N)CC(=O)OC.Cl. The molecule has 0 aromatic rings. The number of carbonyl (C=O) groups is 1. The maximum atomic E-state index is 10.4. The van der Waals surface area contributed by atoms with Crippen molar-refractivity contribution in [3.63, 3.8) is 0 Å². The van der Waals surface area contributed by atoms with Crippen LogP contribution in [0.4, 0.5) is 0 Å². The Balaban J connectivity index is 0. The fourth-order valence-electron chi connectivity index (χ4n) is 0.299. The highest BCUT2D eigenvalue weighted by Crippen LogP contribution is 1.82. The number of amidine groups is 1. The molecule has 0 atom stereocenters. The summed E-state index contributed by atoms with van der Waals surface area (Å²) in [7, 11) is 2.84. The van der Waals surface area contributed by atoms with E-state index in [4.69, 9.17) is 5.73 Å². The Morgan fingerprint density at radius 2 is 2.20 bits per heavy atom. The third-order valence-corrected chi connectivity index (χ3v) is 0.840. The first-order valence-corrected chi connectivity index (χ1v) is 2.48. The van der Waals surface area contributed by atoms with Crippen molar-refractivity contribution in [1.29, 1.82) is 0 Å². The third-order valence-electron chi connectivity index (χ3n) is 0.840. The highest BCUT2D eigenvalue weighted by atomic mass is 35.5. The standard InChI is InChI=1S/C5H10N2O2.ClH/c1-7-4(6)3-5(8)9-2;/h3H2,1-2H3,(H2,6,7);1H. The molecule has 10 heavy (non-hydrogen) atoms. The fraction of sp³-hybridized carbons (Fsp3) is 0.600. The van der Waals surface area contributed by atoms with E-state index in [0.717, 1.165) is 0 Å². The second kappa shape index (κ2) is 6.35. The van der Waals surface area contributed by atoms with Crippen molar-refractivity contribution in [3.05, 3.63) is 0 Å². The third kappa shape index (κ3) is 5.37. The van der Waals surface area contributed by atoms with Crippen LogP contribution in [-0.4, -0.2) is 26.0 Å². The zero-order valence-electron chi connectivity index (χ0n) is 5.96. The molecule has 0 rings (SSSR count). The van der Waals surface area contributed by atoms with E-state index in [1.165, 1.54) is 14.2 Å². The zero-order chi connectivity index (χ0) is 7.28. The molecule has 0 aliphatic carbocycles. The Hall–Kier alpha value is -0.770. The molecule has 0 bridgehead atoms. The first-order chi connectivity index (χ1) is 4.20. The number of ether oxygens (including phenoxy) is 1. The summed E-state index contributed by atoms with van der Waals surface area (Å²) in [5.74, 6) is -0.0695. The van der Waals surface area contributed by atoms with Gasteiger partial charge in [-0.3, -0.25) is 9.79 Å². The van der Waals surface area contributed by atoms with Gasteiger partial charge in [-0.1, -0.05) is 0 Å². The molecule has 0 amide bonds. The molecule has 2 N–H and O–H groups in total. The Kier molecular flexibility index (Phi) is 7.60. The van der Waals surface area contributed by atoms with Gasteiger partial charge in [-0.25, -0.2) is 0 Å². The molecule has 0 fully saturated rings. The maximum Gasteiger partial charge on any atom is 0.313 e. The average molecular weight is 167 g/mol. The number of carbonyl (C=O) groups excluding carboxylic acids is 1. The Labute approximate surface area is 65.9 Å². The van der Waals surface area contributed by atoms with Crippen LogP contribution in [0.5, 0.6) is 0 Å². The van der Waals surface area contributed by atoms with Crippen molar-refractivity contribution in [2.75, 3.05) is 14.2 Å². The van der Waals surface area contributed by atoms with Crippen LogP contribution in [-0.2, 0) is 9.53 Å². The topological polar surface area (TPSA) is 64.7 Å². The molecular weight excluding hydrogens is 156 g/mol. The smallest absolute Gasteiger partial charge is 0.313 e. The van der Waals surface area contributed by atoms with E-state index in [2.05, 4.69) is 9.73 Å². The lowest BCUT2D eigenvalue weighted by molar-refractivity contribution is -0.139. The molecule has 0 saturated carbocycles. The van der Waals surface area contributed by atoms with Crippen LogP contribution in [0.1, 0.15) is 6.42 Å². The van der Waals surface area contributed by atoms with E-state index >= 15 is 0 Å². The summed E-state index contributed by atoms with van der Waals surface area (Å²) >= 11 is 0. The van der Waals surface area contributed by atoms with E-state index in [0.29, 0.717) is 5.84 Å². The lowest BCUT2D eigenvalue weighted by Gasteiger charge is -1.95. The quantitative estimate of drug-likeness (QED) is 0.356. The minimum Gasteiger partial charge on any atom is -0.469 e. The molecule has 0 aromatic carbocycles. The Morgan fingerprint density at radius 3 is 2.50 bits per heavy atom. The largest absolute Gasteiger partial charge is 0.469 e. The minimum absolute atomic E-state index is 0. The van der Waals surface area contributed by atoms with Crippen molar-refractivity contribution >= 4 is 24.2 Å². The summed E-state index contributed by atoms with van der Waals surface area (Å²) in [6.45, 7) is 0. The van der Waals surface area contributed by atoms with E-state index in [-0.39, 0.29) is 24.8 Å². The van der Waals surface area contributed by atoms with Crippen molar-refractivity contribution in [2.24, 2.45) is 10.7 Å². The number of methoxy groups -OCH3 is 1. The van der Waals surface area contributed by atoms with E-state index < -0.39 is 0 Å². The number of halogens is 1. The number of esters is 1. The molecule has 0 unspecified atom stereocenters. The van der Waals surface area contributed by atoms with Gasteiger partial charge in [0, 0.05) is 7.05 Å². The van der Waals surface area contributed by atoms with Crippen molar-refractivity contribution in [2.45, 2.75) is 6.42 Å². The number of nitrogens with two attached hydrogens (primary N) is 1. The first-order valence-electron chi connectivity index (χ1n) is 2.48. The molecule has 0 aliphatic heterocycles. The number of nitrogens with zero attached hydrogens (tertiary/aromatic N) is 1. The van der Waals surface area contributed by atoms with E-state index in [1.54, 1.807) is 0 Å². The Morgan fingerprint density at radius 1 is 1.70 bits per heavy atom. The highest BCUT2D eigenvalue weighted by Gasteiger charge is 2.00. The second-order valence-electron chi connectivity index (χ2n) is 1.47. The van der Waals surface area contributed by atoms with Gasteiger partial charge in [0.25, 0.3) is 0 Å². The van der Waals surface area contributed by atoms with Gasteiger partial charge in [0.1, 0.15) is 12.3 Å². The molecule has 0 radical (unpaired) electrons. The summed E-state index contributed by atoms with van der Waals surface area (Å²) in [5, 5.41) is 0. The summed E-state index contributed by atoms with van der Waals surface area (Å²) in [5.41, 5.74) is 5.20. The number of rotatable bonds is 2. The highest BCUT2D eigenvalue weighted by molar-refractivity contribution is 5.96. The van der Waals surface area contributed by atoms with Crippen LogP contribution in [0.25, 0.3) is 0 Å². The van der Waals surface area contributed by atoms with Crippen LogP contribution < -0.4 is 5.73 Å². The lowest BCUT2D eigenvalue weighted by Crippen LogP contribution is -2.17. The molecular formula is C5H11ClN2O2. The molecule has 0 saturated heterocycles. The molecule has 60 valence electrons. The van der Waals surface area contributed by atoms with Gasteiger partial charge in [-0.2, -0.15) is 0 Å². The zero-order valence-corrected chi connectivity index (χ0v) is 6.77. The number of hydrogen-bond donors (Lipinski definition) is 1. The minimum atomic E-state index is -0.363. The number of aliphatic imine (C=N–C) groups is 1. The van der Waals surface area contributed by atoms with Crippen molar-refractivity contribution in [3.8, 4) is 0 Å². The molecule has 5 heteroatoms. The molecule has 0 aliphatic rings. The predicted molar refractivity (Wildman–Crippen MR) is 41.4 cm³/mol. The second-order valence-corrected chi connectivity index (χ2v) is 1.47. The van der Waals surface area contributed by atoms with Crippen LogP contribution in [0.3, 0.4) is 0 Å². The van der Waals surface area contributed by atoms with Crippen molar-refractivity contribution in [1.82, 2.24) is 0 Å². The van der Waals surface area contributed by atoms with Crippen LogP contribution >= 0.6 is 12.4 Å². The summed E-state index contributed by atoms with van der Waals surface area (Å²) < 4.78 is 4.32. The van der Waals surface area contributed by atoms with Gasteiger partial charge >= 0.3 is 5.97 Å². The van der Waals surface area contributed by atoms with E-state index in [1.807, 2.05) is 0 Å². The maximum absolute atomic E-state index is 10.4. The summed E-state index contributed by atoms with van der Waals surface area (Å²) in [6, 6.07) is 0. The predicted octanol–water partition coefficient (Wildman–Crippen LogP) is -0.0417. The molecule has 0 spiro atoms. The first kappa shape index (κ1) is 12.0. The van der Waals surface area contributed by atoms with Gasteiger partial charge < -0.3 is 10.5 Å². The van der Waals surface area contributed by atoms with E-state index in [9.17, 15) is 4.79 Å². The van der Waals surface area contributed by atoms with Crippen LogP contribution in [0.2, 0.25) is 0 Å². The van der Waals surface area contributed by atoms with Gasteiger partial charge in [-0.15, -0.1) is 12.4 Å². The van der Waals surface area contributed by atoms with Gasteiger partial charge in [-0.05, 0) is 0 Å². The molecule has 4 nitrogen and oxygen atoms in total. The Bertz CT molecular complexity index is 136. The fourth-order valence-corrected chi connectivity index (χ4v) is 0.299. The van der Waals surface area contributed by atoms with Crippen molar-refractivity contribution < 1.29 is 9.53 Å². The van der Waals surface area contributed by atoms with Crippen LogP contribution in [0.15, 0.2) is 4.99 Å².